The zero-order chi connectivity index (χ0) is 61.9. The van der Waals surface area contributed by atoms with Crippen molar-refractivity contribution in [1.29, 1.82) is 0 Å². The summed E-state index contributed by atoms with van der Waals surface area (Å²) >= 11 is 0. The van der Waals surface area contributed by atoms with Crippen molar-refractivity contribution >= 4 is 10.4 Å². The monoisotopic (exact) mass is 1240 g/mol. The van der Waals surface area contributed by atoms with E-state index < -0.39 is 200 Å². The molecule has 6 saturated heterocycles. The number of aliphatic hydroxyl groups excluding tert-OH is 12. The number of rotatable bonds is 17. The molecule has 0 spiro atoms. The van der Waals surface area contributed by atoms with E-state index in [1.54, 1.807) is 0 Å². The van der Waals surface area contributed by atoms with Crippen molar-refractivity contribution in [2.24, 2.45) is 40.4 Å². The first-order chi connectivity index (χ1) is 39.8. The highest BCUT2D eigenvalue weighted by atomic mass is 32.3. The van der Waals surface area contributed by atoms with Crippen molar-refractivity contribution in [3.05, 3.63) is 11.6 Å². The number of epoxide rings is 1. The molecule has 14 N–H and O–H groups in total. The van der Waals surface area contributed by atoms with Crippen molar-refractivity contribution < 1.29 is 136 Å². The van der Waals surface area contributed by atoms with Crippen LogP contribution in [0.3, 0.4) is 0 Å². The second-order valence-electron chi connectivity index (χ2n) is 26.9. The predicted molar refractivity (Wildman–Crippen MR) is 285 cm³/mol. The van der Waals surface area contributed by atoms with Crippen LogP contribution >= 0.6 is 0 Å². The summed E-state index contributed by atoms with van der Waals surface area (Å²) in [5, 5.41) is 146. The molecule has 10 aliphatic rings. The van der Waals surface area contributed by atoms with Crippen molar-refractivity contribution in [3.8, 4) is 0 Å². The van der Waals surface area contributed by atoms with Gasteiger partial charge in [-0.25, -0.2) is 4.18 Å². The van der Waals surface area contributed by atoms with Gasteiger partial charge in [0.15, 0.2) is 31.5 Å². The molecule has 29 heteroatoms. The van der Waals surface area contributed by atoms with Gasteiger partial charge in [0.25, 0.3) is 0 Å². The SMILES string of the molecule is CC(C)C[C@@H]1O[C@H]1[C@](C)(O)[C@H]1CC[C@H]2[C@@H]3C[C@H](O[C@@H]4O[C@H](C)[C@@H](O)[C@H](O[C@@H]5OC[C@@H](O[C@@H]6O[C@H](CO)[C@H](O)[C@H](O)[C@H]6O[C@@H]6O[C@H](C)[C@H](O)[C@H](O)[C@H]6O)[C@H](O)[C@H]5O[C@@H]5O[C@H](C)[C@@H](O)[C@H](O)[C@H]5O)[C@H]4O)[C@H]4C[C@@H](OS(=O)(=O)O)CC[C@]4(C)C3=CC[C@]12C. The van der Waals surface area contributed by atoms with Crippen LogP contribution in [0.4, 0.5) is 0 Å². The van der Waals surface area contributed by atoms with Crippen molar-refractivity contribution in [3.63, 3.8) is 0 Å². The van der Waals surface area contributed by atoms with E-state index in [1.807, 2.05) is 6.92 Å². The van der Waals surface area contributed by atoms with Crippen molar-refractivity contribution in [1.82, 2.24) is 0 Å². The minimum Gasteiger partial charge on any atom is -0.394 e. The fourth-order valence-corrected chi connectivity index (χ4v) is 16.7. The van der Waals surface area contributed by atoms with E-state index >= 15 is 0 Å². The fourth-order valence-electron chi connectivity index (χ4n) is 16.2. The van der Waals surface area contributed by atoms with Crippen LogP contribution in [0.25, 0.3) is 0 Å². The van der Waals surface area contributed by atoms with Gasteiger partial charge in [0, 0.05) is 0 Å². The molecule has 28 nitrogen and oxygen atoms in total. The van der Waals surface area contributed by atoms with Gasteiger partial charge in [0.2, 0.25) is 0 Å². The highest BCUT2D eigenvalue weighted by molar-refractivity contribution is 7.80. The molecule has 0 unspecified atom stereocenters. The summed E-state index contributed by atoms with van der Waals surface area (Å²) in [7, 11) is -4.87. The Bertz CT molecular complexity index is 2430. The lowest BCUT2D eigenvalue weighted by Crippen LogP contribution is -2.67. The molecular weight excluding hydrogens is 1150 g/mol. The van der Waals surface area contributed by atoms with E-state index in [2.05, 4.69) is 33.8 Å². The van der Waals surface area contributed by atoms with Gasteiger partial charge in [0.1, 0.15) is 104 Å². The van der Waals surface area contributed by atoms with Gasteiger partial charge < -0.3 is 118 Å². The second-order valence-corrected chi connectivity index (χ2v) is 28.0. The fraction of sp³-hybridized carbons (Fsp3) is 0.964. The summed E-state index contributed by atoms with van der Waals surface area (Å²) in [5.41, 5.74) is -0.895. The Morgan fingerprint density at radius 3 is 1.76 bits per heavy atom. The van der Waals surface area contributed by atoms with Crippen LogP contribution < -0.4 is 0 Å². The molecule has 85 heavy (non-hydrogen) atoms. The first kappa shape index (κ1) is 66.6. The maximum absolute atomic E-state index is 12.4. The number of hydrogen-bond acceptors (Lipinski definition) is 27. The van der Waals surface area contributed by atoms with Gasteiger partial charge in [-0.1, -0.05) is 39.3 Å². The number of fused-ring (bicyclic) bond motifs is 5. The van der Waals surface area contributed by atoms with E-state index in [1.165, 1.54) is 26.3 Å². The van der Waals surface area contributed by atoms with Crippen LogP contribution in [-0.2, 0) is 66.7 Å². The smallest absolute Gasteiger partial charge is 0.394 e. The Balaban J connectivity index is 0.911. The summed E-state index contributed by atoms with van der Waals surface area (Å²) in [4.78, 5) is 0. The standard InChI is InChI=1S/C56H92O28S/c1-20(2)15-30-48(77-30)56(8,69)33-10-9-26-25-17-29(28-16-24(84-85(70,71)72)11-13-54(28,6)27(25)12-14-55(26,33)7)78-51-44(68)45(36(60)23(5)76-51)81-52-46(82-49-42(66)39(63)34(58)21(3)74-49)38(62)32(19-73-52)80-53-47(41(65)37(61)31(18-57)79-53)83-50-43(67)40(64)35(59)22(4)75-50/h12,20-26,28-53,57-69H,9-11,13-19H2,1-8H3,(H,70,71,72)/t21-,22-,23-,24+,25+,26+,28-,29+,30+,31-,32-,33+,34-,35+,36-,37+,38+,39+,40+,41+,42-,43-,44-,45+,46-,47-,48-,49+,50+,51+,52+,53+,54-,55+,56-/m1/s1. The van der Waals surface area contributed by atoms with Gasteiger partial charge in [-0.2, -0.15) is 8.42 Å². The molecule has 4 aliphatic carbocycles. The molecule has 3 saturated carbocycles. The third-order valence-corrected chi connectivity index (χ3v) is 21.4. The molecular formula is C56H92O28S. The van der Waals surface area contributed by atoms with Gasteiger partial charge >= 0.3 is 10.4 Å². The van der Waals surface area contributed by atoms with Crippen molar-refractivity contribution in [2.75, 3.05) is 13.2 Å². The Hall–Kier alpha value is -1.35. The normalized spacial score (nSPS) is 53.7. The summed E-state index contributed by atoms with van der Waals surface area (Å²) in [5.74, 6) is -0.228. The Kier molecular flexibility index (Phi) is 19.8. The third-order valence-electron chi connectivity index (χ3n) is 20.9. The van der Waals surface area contributed by atoms with Gasteiger partial charge in [-0.05, 0) is 119 Å². The lowest BCUT2D eigenvalue weighted by molar-refractivity contribution is -0.398. The number of ether oxygens (including phenoxy) is 11. The lowest BCUT2D eigenvalue weighted by atomic mass is 9.47. The summed E-state index contributed by atoms with van der Waals surface area (Å²) < 4.78 is 107. The highest BCUT2D eigenvalue weighted by Crippen LogP contribution is 2.68. The summed E-state index contributed by atoms with van der Waals surface area (Å²) in [6.45, 7) is 13.2. The number of hydrogen-bond donors (Lipinski definition) is 14. The number of allylic oxidation sites excluding steroid dienone is 2. The van der Waals surface area contributed by atoms with E-state index in [4.69, 9.17) is 56.3 Å². The molecule has 0 bridgehead atoms. The zero-order valence-electron chi connectivity index (χ0n) is 49.1. The van der Waals surface area contributed by atoms with E-state index in [0.29, 0.717) is 25.2 Å². The highest BCUT2D eigenvalue weighted by Gasteiger charge is 2.67. The molecule has 0 amide bonds. The molecule has 6 aliphatic heterocycles. The molecule has 35 atom stereocenters. The maximum atomic E-state index is 12.4. The quantitative estimate of drug-likeness (QED) is 0.0395. The molecule has 9 fully saturated rings. The molecule has 490 valence electrons. The van der Waals surface area contributed by atoms with Gasteiger partial charge in [-0.15, -0.1) is 0 Å². The Morgan fingerprint density at radius 2 is 1.18 bits per heavy atom. The summed E-state index contributed by atoms with van der Waals surface area (Å²) in [6, 6.07) is 0. The number of aliphatic hydroxyl groups is 13. The average Bonchev–Trinajstić information content (AvgIpc) is 1.72. The van der Waals surface area contributed by atoms with Crippen LogP contribution in [0.15, 0.2) is 11.6 Å². The largest absolute Gasteiger partial charge is 0.397 e. The first-order valence-electron chi connectivity index (χ1n) is 30.1. The minimum atomic E-state index is -4.87. The first-order valence-corrected chi connectivity index (χ1v) is 31.5. The molecule has 0 radical (unpaired) electrons. The molecule has 0 aromatic carbocycles. The molecule has 10 rings (SSSR count). The van der Waals surface area contributed by atoms with E-state index in [-0.39, 0.29) is 48.2 Å². The van der Waals surface area contributed by atoms with Crippen LogP contribution in [-0.4, -0.2) is 270 Å². The lowest BCUT2D eigenvalue weighted by Gasteiger charge is -2.60. The molecule has 0 aromatic heterocycles. The van der Waals surface area contributed by atoms with Gasteiger partial charge in [0.05, 0.1) is 55.4 Å². The summed E-state index contributed by atoms with van der Waals surface area (Å²) in [6.07, 6.45) is -36.2. The Morgan fingerprint density at radius 1 is 0.612 bits per heavy atom. The third kappa shape index (κ3) is 12.7. The molecule has 0 aromatic rings. The van der Waals surface area contributed by atoms with E-state index in [0.717, 1.165) is 19.3 Å². The molecule has 6 heterocycles. The van der Waals surface area contributed by atoms with E-state index in [9.17, 15) is 79.4 Å². The van der Waals surface area contributed by atoms with Crippen LogP contribution in [0, 0.1) is 40.4 Å². The van der Waals surface area contributed by atoms with Crippen LogP contribution in [0.1, 0.15) is 107 Å². The minimum absolute atomic E-state index is 0.0379. The van der Waals surface area contributed by atoms with Crippen LogP contribution in [0.2, 0.25) is 0 Å². The maximum Gasteiger partial charge on any atom is 0.397 e. The topological polar surface area (TPSA) is 431 Å². The van der Waals surface area contributed by atoms with Crippen LogP contribution in [0.5, 0.6) is 0 Å². The average molecular weight is 1250 g/mol. The Labute approximate surface area is 494 Å². The predicted octanol–water partition coefficient (Wildman–Crippen LogP) is -2.87. The van der Waals surface area contributed by atoms with Crippen molar-refractivity contribution in [2.45, 2.75) is 284 Å². The van der Waals surface area contributed by atoms with Gasteiger partial charge in [-0.3, -0.25) is 4.55 Å². The zero-order valence-corrected chi connectivity index (χ0v) is 49.9. The second kappa shape index (κ2) is 25.3.